The summed E-state index contributed by atoms with van der Waals surface area (Å²) in [6.45, 7) is 3.01. The standard InChI is InChI=1S/C16H25N3OS/c20-15(13-6-2-3-7-13)17-9-8-14-12-21-16(18-14)19-10-4-1-5-11-19/h12-13H,1-11H2,(H,17,20). The van der Waals surface area contributed by atoms with E-state index in [0.29, 0.717) is 0 Å². The summed E-state index contributed by atoms with van der Waals surface area (Å²) in [7, 11) is 0. The largest absolute Gasteiger partial charge is 0.355 e. The Balaban J connectivity index is 1.43. The van der Waals surface area contributed by atoms with Crippen LogP contribution in [0.5, 0.6) is 0 Å². The summed E-state index contributed by atoms with van der Waals surface area (Å²) in [6.07, 6.45) is 9.33. The van der Waals surface area contributed by atoms with Crippen LogP contribution in [0.25, 0.3) is 0 Å². The van der Waals surface area contributed by atoms with Gasteiger partial charge in [-0.25, -0.2) is 4.98 Å². The lowest BCUT2D eigenvalue weighted by molar-refractivity contribution is -0.124. The van der Waals surface area contributed by atoms with Crippen molar-refractivity contribution in [1.29, 1.82) is 0 Å². The monoisotopic (exact) mass is 307 g/mol. The Hall–Kier alpha value is -1.10. The van der Waals surface area contributed by atoms with Crippen molar-refractivity contribution in [3.05, 3.63) is 11.1 Å². The van der Waals surface area contributed by atoms with Crippen LogP contribution in [-0.2, 0) is 11.2 Å². The number of hydrogen-bond donors (Lipinski definition) is 1. The van der Waals surface area contributed by atoms with E-state index in [1.165, 1.54) is 32.1 Å². The second-order valence-corrected chi connectivity index (χ2v) is 7.03. The first-order valence-electron chi connectivity index (χ1n) is 8.30. The first-order chi connectivity index (χ1) is 10.3. The molecule has 0 spiro atoms. The maximum absolute atomic E-state index is 12.0. The number of rotatable bonds is 5. The van der Waals surface area contributed by atoms with E-state index in [1.54, 1.807) is 11.3 Å². The molecule has 21 heavy (non-hydrogen) atoms. The van der Waals surface area contributed by atoms with E-state index in [4.69, 9.17) is 4.98 Å². The van der Waals surface area contributed by atoms with Gasteiger partial charge in [0.25, 0.3) is 0 Å². The molecule has 1 saturated carbocycles. The molecule has 0 bridgehead atoms. The Morgan fingerprint density at radius 3 is 2.76 bits per heavy atom. The molecule has 1 aliphatic heterocycles. The predicted octanol–water partition coefficient (Wildman–Crippen LogP) is 2.98. The van der Waals surface area contributed by atoms with E-state index in [1.807, 2.05) is 0 Å². The average molecular weight is 307 g/mol. The predicted molar refractivity (Wildman–Crippen MR) is 86.8 cm³/mol. The molecule has 0 aromatic carbocycles. The summed E-state index contributed by atoms with van der Waals surface area (Å²) in [5, 5.41) is 6.38. The molecule has 1 saturated heterocycles. The lowest BCUT2D eigenvalue weighted by Crippen LogP contribution is -2.31. The molecule has 0 radical (unpaired) electrons. The highest BCUT2D eigenvalue weighted by Gasteiger charge is 2.22. The molecule has 5 heteroatoms. The number of piperidine rings is 1. The number of nitrogens with zero attached hydrogens (tertiary/aromatic N) is 2. The van der Waals surface area contributed by atoms with Crippen molar-refractivity contribution in [2.75, 3.05) is 24.5 Å². The second kappa shape index (κ2) is 7.25. The molecular weight excluding hydrogens is 282 g/mol. The minimum Gasteiger partial charge on any atom is -0.355 e. The van der Waals surface area contributed by atoms with Crippen LogP contribution < -0.4 is 10.2 Å². The highest BCUT2D eigenvalue weighted by Crippen LogP contribution is 2.25. The molecule has 2 fully saturated rings. The van der Waals surface area contributed by atoms with Gasteiger partial charge in [0, 0.05) is 37.4 Å². The summed E-state index contributed by atoms with van der Waals surface area (Å²) in [5.41, 5.74) is 1.12. The summed E-state index contributed by atoms with van der Waals surface area (Å²) >= 11 is 1.74. The quantitative estimate of drug-likeness (QED) is 0.909. The van der Waals surface area contributed by atoms with E-state index >= 15 is 0 Å². The Bertz CT molecular complexity index is 462. The topological polar surface area (TPSA) is 45.2 Å². The van der Waals surface area contributed by atoms with Crippen LogP contribution in [-0.4, -0.2) is 30.5 Å². The lowest BCUT2D eigenvalue weighted by Gasteiger charge is -2.25. The van der Waals surface area contributed by atoms with Gasteiger partial charge in [0.05, 0.1) is 5.69 Å². The van der Waals surface area contributed by atoms with E-state index in [0.717, 1.165) is 49.7 Å². The van der Waals surface area contributed by atoms with Gasteiger partial charge in [-0.2, -0.15) is 0 Å². The molecule has 2 heterocycles. The van der Waals surface area contributed by atoms with Gasteiger partial charge in [-0.3, -0.25) is 4.79 Å². The van der Waals surface area contributed by atoms with Crippen molar-refractivity contribution >= 4 is 22.4 Å². The van der Waals surface area contributed by atoms with Crippen LogP contribution in [0.3, 0.4) is 0 Å². The molecule has 116 valence electrons. The second-order valence-electron chi connectivity index (χ2n) is 6.19. The Morgan fingerprint density at radius 2 is 2.00 bits per heavy atom. The summed E-state index contributed by atoms with van der Waals surface area (Å²) in [4.78, 5) is 19.1. The fraction of sp³-hybridized carbons (Fsp3) is 0.750. The highest BCUT2D eigenvalue weighted by molar-refractivity contribution is 7.13. The number of thiazole rings is 1. The highest BCUT2D eigenvalue weighted by atomic mass is 32.1. The molecule has 4 nitrogen and oxygen atoms in total. The molecular formula is C16H25N3OS. The third kappa shape index (κ3) is 3.96. The van der Waals surface area contributed by atoms with Crippen molar-refractivity contribution in [3.8, 4) is 0 Å². The molecule has 3 rings (SSSR count). The zero-order valence-electron chi connectivity index (χ0n) is 12.6. The minimum absolute atomic E-state index is 0.249. The molecule has 0 atom stereocenters. The van der Waals surface area contributed by atoms with Crippen LogP contribution in [0, 0.1) is 5.92 Å². The Morgan fingerprint density at radius 1 is 1.24 bits per heavy atom. The number of carbonyl (C=O) groups excluding carboxylic acids is 1. The SMILES string of the molecule is O=C(NCCc1csc(N2CCCCC2)n1)C1CCCC1. The van der Waals surface area contributed by atoms with Crippen molar-refractivity contribution in [2.24, 2.45) is 5.92 Å². The van der Waals surface area contributed by atoms with Gasteiger partial charge in [0.1, 0.15) is 0 Å². The number of aromatic nitrogens is 1. The summed E-state index contributed by atoms with van der Waals surface area (Å²) in [6, 6.07) is 0. The van der Waals surface area contributed by atoms with E-state index < -0.39 is 0 Å². The van der Waals surface area contributed by atoms with Crippen LogP contribution >= 0.6 is 11.3 Å². The molecule has 1 amide bonds. The van der Waals surface area contributed by atoms with Crippen LogP contribution in [0.4, 0.5) is 5.13 Å². The normalized spacial score (nSPS) is 19.9. The molecule has 2 aliphatic rings. The van der Waals surface area contributed by atoms with Crippen molar-refractivity contribution in [3.63, 3.8) is 0 Å². The van der Waals surface area contributed by atoms with Gasteiger partial charge in [0.15, 0.2) is 5.13 Å². The molecule has 1 aromatic rings. The molecule has 1 aromatic heterocycles. The summed E-state index contributed by atoms with van der Waals surface area (Å²) in [5.74, 6) is 0.517. The number of hydrogen-bond acceptors (Lipinski definition) is 4. The molecule has 1 N–H and O–H groups in total. The van der Waals surface area contributed by atoms with Crippen molar-refractivity contribution in [1.82, 2.24) is 10.3 Å². The van der Waals surface area contributed by atoms with E-state index in [9.17, 15) is 4.79 Å². The zero-order valence-corrected chi connectivity index (χ0v) is 13.5. The Labute approximate surface area is 130 Å². The number of amides is 1. The van der Waals surface area contributed by atoms with Gasteiger partial charge in [0.2, 0.25) is 5.91 Å². The number of anilines is 1. The first kappa shape index (κ1) is 14.8. The van der Waals surface area contributed by atoms with Crippen molar-refractivity contribution in [2.45, 2.75) is 51.4 Å². The van der Waals surface area contributed by atoms with E-state index in [2.05, 4.69) is 15.6 Å². The van der Waals surface area contributed by atoms with Crippen LogP contribution in [0.2, 0.25) is 0 Å². The first-order valence-corrected chi connectivity index (χ1v) is 9.18. The minimum atomic E-state index is 0.249. The maximum Gasteiger partial charge on any atom is 0.223 e. The third-order valence-electron chi connectivity index (χ3n) is 4.57. The smallest absolute Gasteiger partial charge is 0.223 e. The fourth-order valence-electron chi connectivity index (χ4n) is 3.29. The van der Waals surface area contributed by atoms with Crippen LogP contribution in [0.1, 0.15) is 50.6 Å². The van der Waals surface area contributed by atoms with E-state index in [-0.39, 0.29) is 11.8 Å². The zero-order chi connectivity index (χ0) is 14.5. The average Bonchev–Trinajstić information content (AvgIpc) is 3.20. The van der Waals surface area contributed by atoms with Gasteiger partial charge < -0.3 is 10.2 Å². The molecule has 0 unspecified atom stereocenters. The number of nitrogens with one attached hydrogen (secondary N) is 1. The number of carbonyl (C=O) groups is 1. The van der Waals surface area contributed by atoms with Gasteiger partial charge in [-0.1, -0.05) is 12.8 Å². The van der Waals surface area contributed by atoms with Gasteiger partial charge >= 0.3 is 0 Å². The Kier molecular flexibility index (Phi) is 5.12. The third-order valence-corrected chi connectivity index (χ3v) is 5.52. The molecule has 1 aliphatic carbocycles. The van der Waals surface area contributed by atoms with Gasteiger partial charge in [-0.15, -0.1) is 11.3 Å². The van der Waals surface area contributed by atoms with Crippen molar-refractivity contribution < 1.29 is 4.79 Å². The van der Waals surface area contributed by atoms with Crippen LogP contribution in [0.15, 0.2) is 5.38 Å². The lowest BCUT2D eigenvalue weighted by atomic mass is 10.1. The van der Waals surface area contributed by atoms with Gasteiger partial charge in [-0.05, 0) is 32.1 Å². The summed E-state index contributed by atoms with van der Waals surface area (Å²) < 4.78 is 0. The maximum atomic E-state index is 12.0. The fourth-order valence-corrected chi connectivity index (χ4v) is 4.20.